The first-order valence-corrected chi connectivity index (χ1v) is 11.4. The van der Waals surface area contributed by atoms with E-state index in [4.69, 9.17) is 0 Å². The number of carbonyl (C=O) groups is 1. The number of benzene rings is 2. The molecule has 2 heterocycles. The topological polar surface area (TPSA) is 78.8 Å². The lowest BCUT2D eigenvalue weighted by Gasteiger charge is -2.36. The first-order valence-electron chi connectivity index (χ1n) is 10.0. The predicted octanol–water partition coefficient (Wildman–Crippen LogP) is 2.91. The molecule has 152 valence electrons. The van der Waals surface area contributed by atoms with Crippen molar-refractivity contribution in [2.75, 3.05) is 13.1 Å². The van der Waals surface area contributed by atoms with Crippen LogP contribution in [0.1, 0.15) is 43.2 Å². The van der Waals surface area contributed by atoms with E-state index in [9.17, 15) is 13.2 Å². The highest BCUT2D eigenvalue weighted by atomic mass is 32.2. The van der Waals surface area contributed by atoms with Gasteiger partial charge in [0.2, 0.25) is 5.91 Å². The summed E-state index contributed by atoms with van der Waals surface area (Å²) in [4.78, 5) is 15.1. The molecule has 2 aromatic carbocycles. The van der Waals surface area contributed by atoms with E-state index in [0.29, 0.717) is 30.9 Å². The van der Waals surface area contributed by atoms with E-state index < -0.39 is 16.1 Å². The molecule has 2 aliphatic rings. The number of likely N-dealkylation sites (tertiary alicyclic amines) is 1. The highest BCUT2D eigenvalue weighted by Gasteiger charge is 2.37. The Kier molecular flexibility index (Phi) is 5.41. The van der Waals surface area contributed by atoms with E-state index in [1.54, 1.807) is 24.3 Å². The van der Waals surface area contributed by atoms with Crippen molar-refractivity contribution >= 4 is 21.8 Å². The van der Waals surface area contributed by atoms with Crippen molar-refractivity contribution in [1.29, 1.82) is 0 Å². The molecule has 1 saturated heterocycles. The largest absolute Gasteiger partial charge is 0.354 e. The van der Waals surface area contributed by atoms with Crippen LogP contribution < -0.4 is 5.32 Å². The summed E-state index contributed by atoms with van der Waals surface area (Å²) in [6, 6.07) is 16.5. The molecule has 2 aromatic rings. The number of piperidine rings is 1. The van der Waals surface area contributed by atoms with Gasteiger partial charge in [-0.2, -0.15) is 8.42 Å². The van der Waals surface area contributed by atoms with Crippen LogP contribution in [0.3, 0.4) is 0 Å². The Hall–Kier alpha value is -2.67. The lowest BCUT2D eigenvalue weighted by atomic mass is 9.98. The van der Waals surface area contributed by atoms with Crippen LogP contribution in [0.15, 0.2) is 63.9 Å². The molecule has 29 heavy (non-hydrogen) atoms. The third-order valence-electron chi connectivity index (χ3n) is 5.64. The average molecular weight is 412 g/mol. The maximum atomic E-state index is 13.0. The normalized spacial score (nSPS) is 21.2. The van der Waals surface area contributed by atoms with Gasteiger partial charge < -0.3 is 10.2 Å². The number of nitrogens with zero attached hydrogens (tertiary/aromatic N) is 2. The standard InChI is InChI=1S/C22H25N3O3S/c1-16(17-9-3-2-4-10-17)15-23-22(26)19-12-7-8-14-25(19)21-18-11-5-6-13-20(18)29(27,28)24-21/h2-6,9-11,13,16,19H,7-8,12,14-15H2,1H3,(H,23,26)/t16-,19+/m1/s1. The Bertz CT molecular complexity index is 1030. The molecule has 0 radical (unpaired) electrons. The van der Waals surface area contributed by atoms with Gasteiger partial charge in [-0.05, 0) is 42.9 Å². The van der Waals surface area contributed by atoms with Gasteiger partial charge in [0.15, 0.2) is 5.84 Å². The second-order valence-electron chi connectivity index (χ2n) is 7.65. The molecule has 0 unspecified atom stereocenters. The number of fused-ring (bicyclic) bond motifs is 1. The molecule has 4 rings (SSSR count). The van der Waals surface area contributed by atoms with E-state index in [-0.39, 0.29) is 16.7 Å². The molecule has 2 aliphatic heterocycles. The summed E-state index contributed by atoms with van der Waals surface area (Å²) < 4.78 is 28.9. The summed E-state index contributed by atoms with van der Waals surface area (Å²) in [7, 11) is -3.70. The molecule has 0 saturated carbocycles. The van der Waals surface area contributed by atoms with Crippen molar-refractivity contribution in [2.45, 2.75) is 43.0 Å². The summed E-state index contributed by atoms with van der Waals surface area (Å²) in [6.45, 7) is 3.24. The fraction of sp³-hybridized carbons (Fsp3) is 0.364. The van der Waals surface area contributed by atoms with Gasteiger partial charge in [0.05, 0.1) is 0 Å². The monoisotopic (exact) mass is 411 g/mol. The number of hydrogen-bond donors (Lipinski definition) is 1. The number of carbonyl (C=O) groups excluding carboxylic acids is 1. The van der Waals surface area contributed by atoms with E-state index in [1.165, 1.54) is 5.56 Å². The molecule has 0 spiro atoms. The third kappa shape index (κ3) is 3.92. The molecule has 1 N–H and O–H groups in total. The number of amidine groups is 1. The fourth-order valence-corrected chi connectivity index (χ4v) is 5.24. The van der Waals surface area contributed by atoms with Crippen molar-refractivity contribution in [1.82, 2.24) is 10.2 Å². The molecule has 1 amide bonds. The maximum Gasteiger partial charge on any atom is 0.285 e. The Morgan fingerprint density at radius 3 is 2.66 bits per heavy atom. The Morgan fingerprint density at radius 1 is 1.14 bits per heavy atom. The fourth-order valence-electron chi connectivity index (χ4n) is 4.02. The first kappa shape index (κ1) is 19.6. The maximum absolute atomic E-state index is 13.0. The van der Waals surface area contributed by atoms with Crippen LogP contribution in [0.4, 0.5) is 0 Å². The zero-order valence-corrected chi connectivity index (χ0v) is 17.2. The lowest BCUT2D eigenvalue weighted by molar-refractivity contribution is -0.126. The van der Waals surface area contributed by atoms with Gasteiger partial charge in [-0.1, -0.05) is 49.4 Å². The molecule has 1 fully saturated rings. The SMILES string of the molecule is C[C@H](CNC(=O)[C@@H]1CCCCN1C1=NS(=O)(=O)c2ccccc21)c1ccccc1. The van der Waals surface area contributed by atoms with Crippen LogP contribution in [0.5, 0.6) is 0 Å². The number of rotatable bonds is 4. The number of amides is 1. The minimum absolute atomic E-state index is 0.0723. The molecule has 2 atom stereocenters. The summed E-state index contributed by atoms with van der Waals surface area (Å²) in [6.07, 6.45) is 2.53. The summed E-state index contributed by atoms with van der Waals surface area (Å²) in [5.41, 5.74) is 1.76. The van der Waals surface area contributed by atoms with E-state index in [1.807, 2.05) is 23.1 Å². The van der Waals surface area contributed by atoms with E-state index in [2.05, 4.69) is 28.8 Å². The number of sulfonamides is 1. The predicted molar refractivity (Wildman–Crippen MR) is 112 cm³/mol. The second kappa shape index (κ2) is 7.99. The van der Waals surface area contributed by atoms with Gasteiger partial charge in [-0.15, -0.1) is 4.40 Å². The molecular weight excluding hydrogens is 386 g/mol. The van der Waals surface area contributed by atoms with Crippen molar-refractivity contribution in [2.24, 2.45) is 4.40 Å². The third-order valence-corrected chi connectivity index (χ3v) is 6.97. The van der Waals surface area contributed by atoms with Crippen LogP contribution >= 0.6 is 0 Å². The molecule has 0 aliphatic carbocycles. The zero-order valence-electron chi connectivity index (χ0n) is 16.4. The summed E-state index contributed by atoms with van der Waals surface area (Å²) in [5.74, 6) is 0.524. The van der Waals surface area contributed by atoms with Gasteiger partial charge in [0.1, 0.15) is 10.9 Å². The minimum Gasteiger partial charge on any atom is -0.354 e. The highest BCUT2D eigenvalue weighted by Crippen LogP contribution is 2.30. The van der Waals surface area contributed by atoms with Crippen LogP contribution in [0.2, 0.25) is 0 Å². The Morgan fingerprint density at radius 2 is 1.86 bits per heavy atom. The van der Waals surface area contributed by atoms with E-state index >= 15 is 0 Å². The molecule has 7 heteroatoms. The minimum atomic E-state index is -3.70. The summed E-state index contributed by atoms with van der Waals surface area (Å²) >= 11 is 0. The smallest absolute Gasteiger partial charge is 0.285 e. The van der Waals surface area contributed by atoms with Crippen molar-refractivity contribution in [3.63, 3.8) is 0 Å². The Balaban J connectivity index is 1.52. The van der Waals surface area contributed by atoms with Crippen molar-refractivity contribution in [3.8, 4) is 0 Å². The average Bonchev–Trinajstić information content (AvgIpc) is 3.03. The van der Waals surface area contributed by atoms with Gasteiger partial charge in [-0.25, -0.2) is 0 Å². The van der Waals surface area contributed by atoms with Gasteiger partial charge >= 0.3 is 0 Å². The van der Waals surface area contributed by atoms with Gasteiger partial charge in [0, 0.05) is 18.7 Å². The number of hydrogen-bond acceptors (Lipinski definition) is 4. The van der Waals surface area contributed by atoms with E-state index in [0.717, 1.165) is 12.8 Å². The van der Waals surface area contributed by atoms with Crippen molar-refractivity contribution < 1.29 is 13.2 Å². The zero-order chi connectivity index (χ0) is 20.4. The molecule has 0 aromatic heterocycles. The first-order chi connectivity index (χ1) is 14.0. The second-order valence-corrected chi connectivity index (χ2v) is 9.22. The molecular formula is C22H25N3O3S. The molecule has 0 bridgehead atoms. The van der Waals surface area contributed by atoms with Crippen molar-refractivity contribution in [3.05, 3.63) is 65.7 Å². The van der Waals surface area contributed by atoms with Gasteiger partial charge in [0.25, 0.3) is 10.0 Å². The van der Waals surface area contributed by atoms with Crippen LogP contribution in [-0.4, -0.2) is 44.2 Å². The van der Waals surface area contributed by atoms with Crippen LogP contribution in [0.25, 0.3) is 0 Å². The lowest BCUT2D eigenvalue weighted by Crippen LogP contribution is -2.52. The summed E-state index contributed by atoms with van der Waals surface area (Å²) in [5, 5.41) is 3.06. The van der Waals surface area contributed by atoms with Crippen LogP contribution in [-0.2, 0) is 14.8 Å². The highest BCUT2D eigenvalue weighted by molar-refractivity contribution is 7.90. The quantitative estimate of drug-likeness (QED) is 0.839. The Labute approximate surface area is 171 Å². The molecule has 6 nitrogen and oxygen atoms in total. The van der Waals surface area contributed by atoms with Gasteiger partial charge in [-0.3, -0.25) is 4.79 Å². The van der Waals surface area contributed by atoms with Crippen LogP contribution in [0, 0.1) is 0 Å². The number of nitrogens with one attached hydrogen (secondary N) is 1.